The Morgan fingerprint density at radius 2 is 1.87 bits per heavy atom. The molecule has 0 radical (unpaired) electrons. The smallest absolute Gasteiger partial charge is 0.254 e. The van der Waals surface area contributed by atoms with Gasteiger partial charge >= 0.3 is 0 Å². The summed E-state index contributed by atoms with van der Waals surface area (Å²) in [6.07, 6.45) is 0. The van der Waals surface area contributed by atoms with E-state index >= 15 is 0 Å². The number of carbonyl (C=O) groups excluding carboxylic acids is 2. The Bertz CT molecular complexity index is 749. The summed E-state index contributed by atoms with van der Waals surface area (Å²) in [5, 5.41) is 5.65. The molecular weight excluding hydrogens is 319 g/mol. The Hall–Kier alpha value is -2.40. The van der Waals surface area contributed by atoms with Gasteiger partial charge < -0.3 is 10.6 Å². The molecule has 0 aliphatic heterocycles. The Kier molecular flexibility index (Phi) is 5.34. The van der Waals surface area contributed by atoms with Crippen LogP contribution >= 0.6 is 11.6 Å². The van der Waals surface area contributed by atoms with Crippen molar-refractivity contribution in [3.05, 3.63) is 64.4 Å². The van der Waals surface area contributed by atoms with E-state index in [1.54, 1.807) is 24.3 Å². The zero-order chi connectivity index (χ0) is 17.0. The van der Waals surface area contributed by atoms with Crippen molar-refractivity contribution in [2.45, 2.75) is 19.9 Å². The maximum Gasteiger partial charge on any atom is 0.254 e. The lowest BCUT2D eigenvalue weighted by Gasteiger charge is -2.15. The summed E-state index contributed by atoms with van der Waals surface area (Å²) in [7, 11) is 0. The van der Waals surface area contributed by atoms with Gasteiger partial charge in [0.25, 0.3) is 5.91 Å². The van der Waals surface area contributed by atoms with Gasteiger partial charge in [0.1, 0.15) is 11.9 Å². The average molecular weight is 335 g/mol. The van der Waals surface area contributed by atoms with Crippen molar-refractivity contribution in [1.82, 2.24) is 5.32 Å². The first-order chi connectivity index (χ1) is 10.9. The molecule has 2 aromatic carbocycles. The summed E-state index contributed by atoms with van der Waals surface area (Å²) in [6, 6.07) is 9.88. The first-order valence-electron chi connectivity index (χ1n) is 7.01. The third-order valence-corrected chi connectivity index (χ3v) is 3.55. The summed E-state index contributed by atoms with van der Waals surface area (Å²) in [5.74, 6) is -1.70. The first kappa shape index (κ1) is 17.0. The standard InChI is InChI=1S/C17H16ClFN2O2/c1-10-7-8-12(18)9-15(10)21-16(22)11(2)20-17(23)13-5-3-4-6-14(13)19/h3-9,11H,1-2H3,(H,20,23)(H,21,22). The third-order valence-electron chi connectivity index (χ3n) is 3.32. The van der Waals surface area contributed by atoms with Crippen LogP contribution in [0.2, 0.25) is 5.02 Å². The molecule has 0 aliphatic carbocycles. The lowest BCUT2D eigenvalue weighted by molar-refractivity contribution is -0.117. The molecule has 0 fully saturated rings. The van der Waals surface area contributed by atoms with Crippen LogP contribution in [0, 0.1) is 12.7 Å². The van der Waals surface area contributed by atoms with Crippen LogP contribution in [0.4, 0.5) is 10.1 Å². The monoisotopic (exact) mass is 334 g/mol. The molecule has 23 heavy (non-hydrogen) atoms. The number of carbonyl (C=O) groups is 2. The van der Waals surface area contributed by atoms with Crippen LogP contribution < -0.4 is 10.6 Å². The van der Waals surface area contributed by atoms with E-state index in [-0.39, 0.29) is 5.56 Å². The van der Waals surface area contributed by atoms with E-state index in [1.807, 2.05) is 6.92 Å². The minimum Gasteiger partial charge on any atom is -0.340 e. The number of hydrogen-bond donors (Lipinski definition) is 2. The largest absolute Gasteiger partial charge is 0.340 e. The summed E-state index contributed by atoms with van der Waals surface area (Å²) < 4.78 is 13.6. The molecule has 2 amide bonds. The second-order valence-electron chi connectivity index (χ2n) is 5.12. The Morgan fingerprint density at radius 1 is 1.17 bits per heavy atom. The first-order valence-corrected chi connectivity index (χ1v) is 7.38. The van der Waals surface area contributed by atoms with Gasteiger partial charge in [-0.1, -0.05) is 29.8 Å². The van der Waals surface area contributed by atoms with E-state index in [0.717, 1.165) is 5.56 Å². The van der Waals surface area contributed by atoms with E-state index < -0.39 is 23.7 Å². The highest BCUT2D eigenvalue weighted by atomic mass is 35.5. The molecule has 120 valence electrons. The Morgan fingerprint density at radius 3 is 2.57 bits per heavy atom. The summed E-state index contributed by atoms with van der Waals surface area (Å²) in [4.78, 5) is 24.2. The van der Waals surface area contributed by atoms with Crippen molar-refractivity contribution in [2.75, 3.05) is 5.32 Å². The topological polar surface area (TPSA) is 58.2 Å². The number of benzene rings is 2. The van der Waals surface area contributed by atoms with Gasteiger partial charge in [-0.25, -0.2) is 4.39 Å². The molecule has 2 N–H and O–H groups in total. The molecule has 2 rings (SSSR count). The van der Waals surface area contributed by atoms with Crippen molar-refractivity contribution >= 4 is 29.1 Å². The molecular formula is C17H16ClFN2O2. The Balaban J connectivity index is 2.04. The quantitative estimate of drug-likeness (QED) is 0.898. The van der Waals surface area contributed by atoms with Crippen LogP contribution in [0.1, 0.15) is 22.8 Å². The van der Waals surface area contributed by atoms with Gasteiger partial charge in [-0.2, -0.15) is 0 Å². The Labute approximate surface area is 138 Å². The van der Waals surface area contributed by atoms with E-state index in [9.17, 15) is 14.0 Å². The molecule has 0 aromatic heterocycles. The molecule has 0 aliphatic rings. The minimum atomic E-state index is -0.833. The van der Waals surface area contributed by atoms with Gasteiger partial charge in [-0.15, -0.1) is 0 Å². The second kappa shape index (κ2) is 7.24. The molecule has 1 atom stereocenters. The fourth-order valence-corrected chi connectivity index (χ4v) is 2.13. The van der Waals surface area contributed by atoms with Gasteiger partial charge in [0.05, 0.1) is 5.56 Å². The van der Waals surface area contributed by atoms with E-state index in [2.05, 4.69) is 10.6 Å². The number of halogens is 2. The van der Waals surface area contributed by atoms with Gasteiger partial charge in [-0.3, -0.25) is 9.59 Å². The maximum atomic E-state index is 13.6. The summed E-state index contributed by atoms with van der Waals surface area (Å²) >= 11 is 5.90. The molecule has 0 bridgehead atoms. The molecule has 2 aromatic rings. The van der Waals surface area contributed by atoms with Crippen LogP contribution in [-0.4, -0.2) is 17.9 Å². The predicted molar refractivity (Wildman–Crippen MR) is 88.1 cm³/mol. The van der Waals surface area contributed by atoms with Crippen LogP contribution in [-0.2, 0) is 4.79 Å². The number of nitrogens with one attached hydrogen (secondary N) is 2. The van der Waals surface area contributed by atoms with Gasteiger partial charge in [-0.05, 0) is 43.7 Å². The number of aryl methyl sites for hydroxylation is 1. The van der Waals surface area contributed by atoms with E-state index in [1.165, 1.54) is 25.1 Å². The average Bonchev–Trinajstić information content (AvgIpc) is 2.51. The lowest BCUT2D eigenvalue weighted by Crippen LogP contribution is -2.42. The van der Waals surface area contributed by atoms with Crippen molar-refractivity contribution < 1.29 is 14.0 Å². The van der Waals surface area contributed by atoms with E-state index in [4.69, 9.17) is 11.6 Å². The highest BCUT2D eigenvalue weighted by Gasteiger charge is 2.19. The number of rotatable bonds is 4. The van der Waals surface area contributed by atoms with Crippen molar-refractivity contribution in [3.8, 4) is 0 Å². The van der Waals surface area contributed by atoms with Crippen molar-refractivity contribution in [3.63, 3.8) is 0 Å². The zero-order valence-corrected chi connectivity index (χ0v) is 13.4. The SMILES string of the molecule is Cc1ccc(Cl)cc1NC(=O)C(C)NC(=O)c1ccccc1F. The van der Waals surface area contributed by atoms with Crippen LogP contribution in [0.25, 0.3) is 0 Å². The highest BCUT2D eigenvalue weighted by Crippen LogP contribution is 2.20. The van der Waals surface area contributed by atoms with Crippen LogP contribution in [0.15, 0.2) is 42.5 Å². The fraction of sp³-hybridized carbons (Fsp3) is 0.176. The number of hydrogen-bond acceptors (Lipinski definition) is 2. The summed E-state index contributed by atoms with van der Waals surface area (Å²) in [5.41, 5.74) is 1.30. The lowest BCUT2D eigenvalue weighted by atomic mass is 10.1. The predicted octanol–water partition coefficient (Wildman–Crippen LogP) is 3.54. The normalized spacial score (nSPS) is 11.7. The van der Waals surface area contributed by atoms with Gasteiger partial charge in [0.2, 0.25) is 5.91 Å². The van der Waals surface area contributed by atoms with Gasteiger partial charge in [0.15, 0.2) is 0 Å². The third kappa shape index (κ3) is 4.29. The fourth-order valence-electron chi connectivity index (χ4n) is 1.96. The van der Waals surface area contributed by atoms with Crippen molar-refractivity contribution in [1.29, 1.82) is 0 Å². The molecule has 0 spiro atoms. The molecule has 6 heteroatoms. The molecule has 1 unspecified atom stereocenters. The van der Waals surface area contributed by atoms with Gasteiger partial charge in [0, 0.05) is 10.7 Å². The second-order valence-corrected chi connectivity index (χ2v) is 5.56. The summed E-state index contributed by atoms with van der Waals surface area (Å²) in [6.45, 7) is 3.35. The number of anilines is 1. The van der Waals surface area contributed by atoms with Crippen LogP contribution in [0.3, 0.4) is 0 Å². The van der Waals surface area contributed by atoms with E-state index in [0.29, 0.717) is 10.7 Å². The number of amides is 2. The molecule has 0 heterocycles. The van der Waals surface area contributed by atoms with Crippen LogP contribution in [0.5, 0.6) is 0 Å². The minimum absolute atomic E-state index is 0.105. The highest BCUT2D eigenvalue weighted by molar-refractivity contribution is 6.31. The zero-order valence-electron chi connectivity index (χ0n) is 12.7. The maximum absolute atomic E-state index is 13.6. The molecule has 4 nitrogen and oxygen atoms in total. The molecule has 0 saturated heterocycles. The van der Waals surface area contributed by atoms with Crippen molar-refractivity contribution in [2.24, 2.45) is 0 Å². The molecule has 0 saturated carbocycles.